The number of amides is 2. The van der Waals surface area contributed by atoms with Gasteiger partial charge < -0.3 is 20.5 Å². The summed E-state index contributed by atoms with van der Waals surface area (Å²) in [6.45, 7) is 0.0799. The number of rotatable bonds is 2. The SMILES string of the molecule is NC[C@@]1(S)CN(c2ncc3c(n2)NC(=O)CO3)C(=O)O1. The lowest BCUT2D eigenvalue weighted by Gasteiger charge is -2.19. The summed E-state index contributed by atoms with van der Waals surface area (Å²) in [6, 6.07) is 0. The number of aromatic nitrogens is 2. The van der Waals surface area contributed by atoms with Crippen molar-refractivity contribution in [3.8, 4) is 5.75 Å². The first-order valence-electron chi connectivity index (χ1n) is 5.73. The van der Waals surface area contributed by atoms with Crippen LogP contribution in [0.15, 0.2) is 6.20 Å². The van der Waals surface area contributed by atoms with Crippen LogP contribution in [0.1, 0.15) is 0 Å². The number of nitrogens with one attached hydrogen (secondary N) is 1. The number of hydrogen-bond acceptors (Lipinski definition) is 8. The number of anilines is 2. The lowest BCUT2D eigenvalue weighted by atomic mass is 10.3. The van der Waals surface area contributed by atoms with Crippen molar-refractivity contribution in [3.63, 3.8) is 0 Å². The van der Waals surface area contributed by atoms with Crippen molar-refractivity contribution in [2.24, 2.45) is 5.73 Å². The molecular formula is C10H11N5O4S. The highest BCUT2D eigenvalue weighted by Gasteiger charge is 2.43. The number of ether oxygens (including phenoxy) is 2. The molecule has 3 N–H and O–H groups in total. The molecule has 20 heavy (non-hydrogen) atoms. The minimum atomic E-state index is -1.07. The van der Waals surface area contributed by atoms with Crippen molar-refractivity contribution in [2.45, 2.75) is 4.93 Å². The largest absolute Gasteiger partial charge is 0.478 e. The minimum Gasteiger partial charge on any atom is -0.478 e. The van der Waals surface area contributed by atoms with Gasteiger partial charge in [-0.15, -0.1) is 12.6 Å². The van der Waals surface area contributed by atoms with Crippen molar-refractivity contribution in [1.29, 1.82) is 0 Å². The Morgan fingerprint density at radius 2 is 2.35 bits per heavy atom. The molecule has 1 aromatic heterocycles. The van der Waals surface area contributed by atoms with Gasteiger partial charge in [0.15, 0.2) is 23.1 Å². The van der Waals surface area contributed by atoms with E-state index < -0.39 is 11.0 Å². The van der Waals surface area contributed by atoms with Crippen LogP contribution in [0.25, 0.3) is 0 Å². The number of hydrogen-bond donors (Lipinski definition) is 3. The second-order valence-electron chi connectivity index (χ2n) is 4.32. The van der Waals surface area contributed by atoms with Crippen molar-refractivity contribution >= 4 is 36.4 Å². The summed E-state index contributed by atoms with van der Waals surface area (Å²) in [5.41, 5.74) is 5.50. The van der Waals surface area contributed by atoms with E-state index in [1.165, 1.54) is 11.1 Å². The number of fused-ring (bicyclic) bond motifs is 1. The summed E-state index contributed by atoms with van der Waals surface area (Å²) in [5.74, 6) is 0.320. The molecule has 0 saturated carbocycles. The van der Waals surface area contributed by atoms with Crippen LogP contribution in [0, 0.1) is 0 Å². The first-order valence-corrected chi connectivity index (χ1v) is 6.18. The fraction of sp³-hybridized carbons (Fsp3) is 0.400. The third-order valence-corrected chi connectivity index (χ3v) is 3.24. The zero-order chi connectivity index (χ0) is 14.3. The van der Waals surface area contributed by atoms with Crippen LogP contribution in [0.4, 0.5) is 16.6 Å². The normalized spacial score (nSPS) is 24.8. The molecule has 2 aliphatic heterocycles. The van der Waals surface area contributed by atoms with Gasteiger partial charge in [0.05, 0.1) is 12.7 Å². The zero-order valence-electron chi connectivity index (χ0n) is 10.2. The molecular weight excluding hydrogens is 286 g/mol. The van der Waals surface area contributed by atoms with Gasteiger partial charge in [-0.2, -0.15) is 4.98 Å². The van der Waals surface area contributed by atoms with Gasteiger partial charge in [0, 0.05) is 6.54 Å². The van der Waals surface area contributed by atoms with E-state index in [9.17, 15) is 9.59 Å². The summed E-state index contributed by atoms with van der Waals surface area (Å²) >= 11 is 4.20. The van der Waals surface area contributed by atoms with Crippen LogP contribution in [-0.2, 0) is 9.53 Å². The van der Waals surface area contributed by atoms with E-state index in [0.29, 0.717) is 5.75 Å². The molecule has 2 aliphatic rings. The average Bonchev–Trinajstić information content (AvgIpc) is 2.74. The van der Waals surface area contributed by atoms with E-state index >= 15 is 0 Å². The summed E-state index contributed by atoms with van der Waals surface area (Å²) in [4.78, 5) is 31.2. The van der Waals surface area contributed by atoms with Crippen LogP contribution in [0.2, 0.25) is 0 Å². The summed E-state index contributed by atoms with van der Waals surface area (Å²) in [6.07, 6.45) is 0.735. The van der Waals surface area contributed by atoms with E-state index in [1.807, 2.05) is 0 Å². The molecule has 1 fully saturated rings. The summed E-state index contributed by atoms with van der Waals surface area (Å²) in [5, 5.41) is 2.54. The maximum atomic E-state index is 11.8. The molecule has 0 unspecified atom stereocenters. The number of nitrogens with zero attached hydrogens (tertiary/aromatic N) is 3. The van der Waals surface area contributed by atoms with Gasteiger partial charge in [0.1, 0.15) is 0 Å². The Morgan fingerprint density at radius 3 is 3.05 bits per heavy atom. The number of cyclic esters (lactones) is 1. The maximum Gasteiger partial charge on any atom is 0.418 e. The number of carbonyl (C=O) groups excluding carboxylic acids is 2. The lowest BCUT2D eigenvalue weighted by Crippen LogP contribution is -2.37. The van der Waals surface area contributed by atoms with Crippen molar-refractivity contribution < 1.29 is 19.1 Å². The topological polar surface area (TPSA) is 120 Å². The molecule has 3 heterocycles. The molecule has 0 aromatic carbocycles. The summed E-state index contributed by atoms with van der Waals surface area (Å²) in [7, 11) is 0. The second-order valence-corrected chi connectivity index (χ2v) is 5.14. The van der Waals surface area contributed by atoms with Gasteiger partial charge in [-0.05, 0) is 0 Å². The van der Waals surface area contributed by atoms with Gasteiger partial charge in [-0.25, -0.2) is 14.7 Å². The van der Waals surface area contributed by atoms with Crippen LogP contribution in [0.5, 0.6) is 5.75 Å². The molecule has 106 valence electrons. The fourth-order valence-electron chi connectivity index (χ4n) is 1.82. The summed E-state index contributed by atoms with van der Waals surface area (Å²) < 4.78 is 10.2. The Hall–Kier alpha value is -2.07. The van der Waals surface area contributed by atoms with Crippen LogP contribution in [0.3, 0.4) is 0 Å². The van der Waals surface area contributed by atoms with E-state index in [4.69, 9.17) is 15.2 Å². The van der Waals surface area contributed by atoms with Gasteiger partial charge in [-0.1, -0.05) is 0 Å². The third-order valence-electron chi connectivity index (χ3n) is 2.82. The maximum absolute atomic E-state index is 11.8. The Bertz CT molecular complexity index is 597. The van der Waals surface area contributed by atoms with Crippen molar-refractivity contribution in [3.05, 3.63) is 6.20 Å². The van der Waals surface area contributed by atoms with Crippen LogP contribution in [-0.4, -0.2) is 46.6 Å². The average molecular weight is 297 g/mol. The van der Waals surface area contributed by atoms with Gasteiger partial charge >= 0.3 is 6.09 Å². The number of carbonyl (C=O) groups is 2. The Kier molecular flexibility index (Phi) is 2.91. The lowest BCUT2D eigenvalue weighted by molar-refractivity contribution is -0.118. The number of nitrogens with two attached hydrogens (primary N) is 1. The molecule has 0 spiro atoms. The smallest absolute Gasteiger partial charge is 0.418 e. The Balaban J connectivity index is 1.90. The van der Waals surface area contributed by atoms with Gasteiger partial charge in [-0.3, -0.25) is 4.79 Å². The standard InChI is InChI=1S/C10H11N5O4S/c11-3-10(20)4-15(9(17)19-10)8-12-1-5-7(14-8)13-6(16)2-18-5/h1,20H,2-4,11H2,(H,12,13,14,16)/t10-/m1/s1. The Labute approximate surface area is 118 Å². The molecule has 1 atom stereocenters. The molecule has 10 heteroatoms. The fourth-order valence-corrected chi connectivity index (χ4v) is 2.04. The molecule has 3 rings (SSSR count). The molecule has 1 saturated heterocycles. The van der Waals surface area contributed by atoms with Crippen molar-refractivity contribution in [1.82, 2.24) is 9.97 Å². The highest BCUT2D eigenvalue weighted by molar-refractivity contribution is 7.81. The van der Waals surface area contributed by atoms with Gasteiger partial charge in [0.2, 0.25) is 5.95 Å². The highest BCUT2D eigenvalue weighted by atomic mass is 32.1. The number of thiol groups is 1. The zero-order valence-corrected chi connectivity index (χ0v) is 11.1. The van der Waals surface area contributed by atoms with Crippen molar-refractivity contribution in [2.75, 3.05) is 29.9 Å². The Morgan fingerprint density at radius 1 is 1.55 bits per heavy atom. The molecule has 0 bridgehead atoms. The quantitative estimate of drug-likeness (QED) is 0.620. The molecule has 0 aliphatic carbocycles. The van der Waals surface area contributed by atoms with Crippen LogP contribution >= 0.6 is 12.6 Å². The first kappa shape index (κ1) is 12.9. The van der Waals surface area contributed by atoms with Crippen LogP contribution < -0.4 is 20.7 Å². The predicted molar refractivity (Wildman–Crippen MR) is 70.8 cm³/mol. The predicted octanol–water partition coefficient (Wildman–Crippen LogP) is -0.651. The van der Waals surface area contributed by atoms with E-state index in [-0.39, 0.29) is 37.4 Å². The molecule has 0 radical (unpaired) electrons. The van der Waals surface area contributed by atoms with Gasteiger partial charge in [0.25, 0.3) is 5.91 Å². The molecule has 9 nitrogen and oxygen atoms in total. The highest BCUT2D eigenvalue weighted by Crippen LogP contribution is 2.31. The van der Waals surface area contributed by atoms with E-state index in [1.54, 1.807) is 0 Å². The first-order chi connectivity index (χ1) is 9.50. The minimum absolute atomic E-state index is 0.0587. The van der Waals surface area contributed by atoms with E-state index in [0.717, 1.165) is 0 Å². The third kappa shape index (κ3) is 2.12. The monoisotopic (exact) mass is 297 g/mol. The van der Waals surface area contributed by atoms with E-state index in [2.05, 4.69) is 27.9 Å². The molecule has 1 aromatic rings. The second kappa shape index (κ2) is 4.49. The molecule has 2 amide bonds.